The zero-order valence-electron chi connectivity index (χ0n) is 15.8. The maximum absolute atomic E-state index is 13.2. The molecular formula is C21H17NO6. The van der Waals surface area contributed by atoms with E-state index in [4.69, 9.17) is 18.9 Å². The summed E-state index contributed by atoms with van der Waals surface area (Å²) in [5.74, 6) is 0.738. The highest BCUT2D eigenvalue weighted by Gasteiger charge is 2.33. The number of hydrogen-bond acceptors (Lipinski definition) is 7. The summed E-state index contributed by atoms with van der Waals surface area (Å²) in [6, 6.07) is 6.81. The van der Waals surface area contributed by atoms with Gasteiger partial charge < -0.3 is 18.9 Å². The summed E-state index contributed by atoms with van der Waals surface area (Å²) in [5.41, 5.74) is 1.78. The first-order chi connectivity index (χ1) is 13.5. The number of rotatable bonds is 4. The molecule has 0 amide bonds. The van der Waals surface area contributed by atoms with Crippen LogP contribution in [0, 0.1) is 0 Å². The van der Waals surface area contributed by atoms with Crippen molar-refractivity contribution >= 4 is 22.5 Å². The lowest BCUT2D eigenvalue weighted by Gasteiger charge is -2.24. The molecule has 0 N–H and O–H groups in total. The van der Waals surface area contributed by atoms with Gasteiger partial charge in [-0.2, -0.15) is 0 Å². The largest absolute Gasteiger partial charge is 0.493 e. The number of esters is 1. The van der Waals surface area contributed by atoms with Crippen LogP contribution in [0.4, 0.5) is 0 Å². The number of aromatic nitrogens is 1. The molecule has 0 saturated carbocycles. The van der Waals surface area contributed by atoms with Gasteiger partial charge in [-0.05, 0) is 29.7 Å². The highest BCUT2D eigenvalue weighted by Crippen LogP contribution is 2.50. The number of ether oxygens (including phenoxy) is 4. The lowest BCUT2D eigenvalue weighted by atomic mass is 9.84. The van der Waals surface area contributed by atoms with E-state index in [9.17, 15) is 9.59 Å². The van der Waals surface area contributed by atoms with E-state index in [0.29, 0.717) is 39.3 Å². The van der Waals surface area contributed by atoms with Crippen molar-refractivity contribution in [3.05, 3.63) is 41.7 Å². The third-order valence-electron chi connectivity index (χ3n) is 4.69. The molecule has 0 spiro atoms. The van der Waals surface area contributed by atoms with Gasteiger partial charge in [0.1, 0.15) is 5.69 Å². The van der Waals surface area contributed by atoms with E-state index in [0.717, 1.165) is 5.39 Å². The average molecular weight is 379 g/mol. The highest BCUT2D eigenvalue weighted by molar-refractivity contribution is 6.26. The molecule has 0 unspecified atom stereocenters. The van der Waals surface area contributed by atoms with Crippen molar-refractivity contribution in [3.8, 4) is 34.1 Å². The van der Waals surface area contributed by atoms with E-state index in [2.05, 4.69) is 4.98 Å². The van der Waals surface area contributed by atoms with Gasteiger partial charge in [0.25, 0.3) is 0 Å². The maximum atomic E-state index is 13.2. The molecule has 0 saturated heterocycles. The van der Waals surface area contributed by atoms with Gasteiger partial charge in [-0.3, -0.25) is 14.6 Å². The summed E-state index contributed by atoms with van der Waals surface area (Å²) >= 11 is 0. The normalized spacial score (nSPS) is 11.8. The summed E-state index contributed by atoms with van der Waals surface area (Å²) in [4.78, 5) is 29.2. The van der Waals surface area contributed by atoms with Crippen LogP contribution < -0.4 is 18.9 Å². The Bertz CT molecular complexity index is 1150. The zero-order valence-corrected chi connectivity index (χ0v) is 15.8. The molecule has 0 atom stereocenters. The fraction of sp³-hybridized carbons (Fsp3) is 0.190. The molecule has 142 valence electrons. The predicted molar refractivity (Wildman–Crippen MR) is 102 cm³/mol. The molecule has 0 radical (unpaired) electrons. The Hall–Kier alpha value is -3.61. The molecule has 3 aromatic rings. The van der Waals surface area contributed by atoms with Crippen molar-refractivity contribution in [2.24, 2.45) is 0 Å². The van der Waals surface area contributed by atoms with Gasteiger partial charge >= 0.3 is 5.97 Å². The summed E-state index contributed by atoms with van der Waals surface area (Å²) in [6.45, 7) is 1.31. The van der Waals surface area contributed by atoms with Crippen molar-refractivity contribution in [1.29, 1.82) is 0 Å². The minimum absolute atomic E-state index is 0.234. The first kappa shape index (κ1) is 17.8. The lowest BCUT2D eigenvalue weighted by molar-refractivity contribution is -0.131. The van der Waals surface area contributed by atoms with Crippen molar-refractivity contribution < 1.29 is 28.5 Å². The minimum atomic E-state index is -0.502. The second kappa shape index (κ2) is 6.53. The highest BCUT2D eigenvalue weighted by atomic mass is 16.6. The summed E-state index contributed by atoms with van der Waals surface area (Å²) < 4.78 is 21.7. The average Bonchev–Trinajstić information content (AvgIpc) is 2.70. The monoisotopic (exact) mass is 379 g/mol. The van der Waals surface area contributed by atoms with Crippen molar-refractivity contribution in [2.75, 3.05) is 21.3 Å². The van der Waals surface area contributed by atoms with Gasteiger partial charge in [0, 0.05) is 35.2 Å². The Balaban J connectivity index is 2.20. The predicted octanol–water partition coefficient (Wildman–Crippen LogP) is 3.40. The number of hydrogen-bond donors (Lipinski definition) is 0. The Kier molecular flexibility index (Phi) is 4.15. The lowest BCUT2D eigenvalue weighted by Crippen LogP contribution is -2.14. The molecule has 0 aliphatic heterocycles. The van der Waals surface area contributed by atoms with E-state index >= 15 is 0 Å². The first-order valence-corrected chi connectivity index (χ1v) is 8.49. The van der Waals surface area contributed by atoms with E-state index < -0.39 is 5.97 Å². The van der Waals surface area contributed by atoms with Crippen LogP contribution in [0.2, 0.25) is 0 Å². The fourth-order valence-electron chi connectivity index (χ4n) is 3.53. The number of carbonyl (C=O) groups excluding carboxylic acids is 2. The first-order valence-electron chi connectivity index (χ1n) is 8.49. The molecule has 4 rings (SSSR count). The molecule has 0 fully saturated rings. The zero-order chi connectivity index (χ0) is 20.0. The Morgan fingerprint density at radius 2 is 1.57 bits per heavy atom. The van der Waals surface area contributed by atoms with Crippen LogP contribution in [0.1, 0.15) is 23.0 Å². The number of carbonyl (C=O) groups is 2. The smallest absolute Gasteiger partial charge is 0.308 e. The van der Waals surface area contributed by atoms with Gasteiger partial charge in [-0.15, -0.1) is 0 Å². The summed E-state index contributed by atoms with van der Waals surface area (Å²) in [6.07, 6.45) is 1.57. The molecule has 1 aliphatic rings. The fourth-order valence-corrected chi connectivity index (χ4v) is 3.53. The number of benzene rings is 2. The molecule has 7 heteroatoms. The number of fused-ring (bicyclic) bond motifs is 2. The van der Waals surface area contributed by atoms with Gasteiger partial charge in [0.05, 0.1) is 21.3 Å². The van der Waals surface area contributed by atoms with Crippen molar-refractivity contribution in [1.82, 2.24) is 4.98 Å². The number of pyridine rings is 1. The summed E-state index contributed by atoms with van der Waals surface area (Å²) in [7, 11) is 4.50. The van der Waals surface area contributed by atoms with Crippen LogP contribution in [0.25, 0.3) is 21.9 Å². The molecular weight excluding hydrogens is 362 g/mol. The van der Waals surface area contributed by atoms with Crippen LogP contribution in [-0.4, -0.2) is 38.1 Å². The van der Waals surface area contributed by atoms with Crippen LogP contribution in [0.3, 0.4) is 0 Å². The van der Waals surface area contributed by atoms with Gasteiger partial charge in [-0.25, -0.2) is 0 Å². The second-order valence-corrected chi connectivity index (χ2v) is 6.22. The molecule has 2 aromatic carbocycles. The van der Waals surface area contributed by atoms with E-state index in [1.54, 1.807) is 30.5 Å². The van der Waals surface area contributed by atoms with Gasteiger partial charge in [0.2, 0.25) is 5.78 Å². The number of methoxy groups -OCH3 is 3. The van der Waals surface area contributed by atoms with Crippen LogP contribution >= 0.6 is 0 Å². The third kappa shape index (κ3) is 2.47. The standard InChI is InChI=1S/C21H17NO6/c1-10(23)28-21-16(27-4)7-11-5-6-22-19-17(11)18(21)12-8-14(25-2)15(26-3)9-13(12)20(19)24/h5-9H,1-4H3. The molecule has 1 heterocycles. The summed E-state index contributed by atoms with van der Waals surface area (Å²) in [5, 5.41) is 1.35. The van der Waals surface area contributed by atoms with E-state index in [-0.39, 0.29) is 17.2 Å². The van der Waals surface area contributed by atoms with Crippen LogP contribution in [0.15, 0.2) is 30.5 Å². The number of nitrogens with zero attached hydrogens (tertiary/aromatic N) is 1. The third-order valence-corrected chi connectivity index (χ3v) is 4.69. The van der Waals surface area contributed by atoms with Crippen molar-refractivity contribution in [3.63, 3.8) is 0 Å². The van der Waals surface area contributed by atoms with Crippen molar-refractivity contribution in [2.45, 2.75) is 6.92 Å². The topological polar surface area (TPSA) is 84.0 Å². The van der Waals surface area contributed by atoms with E-state index in [1.807, 2.05) is 0 Å². The second-order valence-electron chi connectivity index (χ2n) is 6.22. The maximum Gasteiger partial charge on any atom is 0.308 e. The SMILES string of the molecule is COc1cc2c(cc1OC)-c1c(OC(C)=O)c(OC)cc3ccnc(c13)C2=O. The minimum Gasteiger partial charge on any atom is -0.493 e. The Labute approximate surface area is 160 Å². The Morgan fingerprint density at radius 1 is 0.929 bits per heavy atom. The van der Waals surface area contributed by atoms with E-state index in [1.165, 1.54) is 28.3 Å². The van der Waals surface area contributed by atoms with Gasteiger partial charge in [-0.1, -0.05) is 0 Å². The van der Waals surface area contributed by atoms with Crippen LogP contribution in [0.5, 0.6) is 23.0 Å². The molecule has 28 heavy (non-hydrogen) atoms. The molecule has 7 nitrogen and oxygen atoms in total. The van der Waals surface area contributed by atoms with Gasteiger partial charge in [0.15, 0.2) is 23.0 Å². The molecule has 0 bridgehead atoms. The number of ketones is 1. The van der Waals surface area contributed by atoms with Crippen LogP contribution in [-0.2, 0) is 4.79 Å². The molecule has 1 aromatic heterocycles. The molecule has 1 aliphatic carbocycles. The Morgan fingerprint density at radius 3 is 2.18 bits per heavy atom. The quantitative estimate of drug-likeness (QED) is 0.397.